The number of hydrogen-bond donors (Lipinski definition) is 2. The summed E-state index contributed by atoms with van der Waals surface area (Å²) >= 11 is 0. The number of hydrazone groups is 1. The number of nitrogens with zero attached hydrogens (tertiary/aromatic N) is 1. The minimum Gasteiger partial charge on any atom is -0.494 e. The number of rotatable bonds is 7. The van der Waals surface area contributed by atoms with Crippen molar-refractivity contribution < 1.29 is 14.7 Å². The number of carbonyl (C=O) groups is 1. The van der Waals surface area contributed by atoms with Crippen molar-refractivity contribution in [2.24, 2.45) is 5.10 Å². The predicted molar refractivity (Wildman–Crippen MR) is 64.4 cm³/mol. The highest BCUT2D eigenvalue weighted by Gasteiger charge is 1.98. The maximum Gasteiger partial charge on any atom is 0.120 e. The molecule has 0 aliphatic heterocycles. The van der Waals surface area contributed by atoms with E-state index in [4.69, 9.17) is 9.94 Å². The van der Waals surface area contributed by atoms with Crippen molar-refractivity contribution in [2.75, 3.05) is 6.61 Å². The third-order valence-corrected chi connectivity index (χ3v) is 2.22. The molecular weight excluding hydrogens is 220 g/mol. The van der Waals surface area contributed by atoms with Crippen LogP contribution in [-0.4, -0.2) is 23.8 Å². The molecular formula is C12H16N2O3. The zero-order valence-electron chi connectivity index (χ0n) is 9.72. The second-order valence-corrected chi connectivity index (χ2v) is 3.48. The first-order valence-electron chi connectivity index (χ1n) is 5.38. The number of carbonyl (C=O) groups excluding carboxylic acids is 1. The Morgan fingerprint density at radius 3 is 2.76 bits per heavy atom. The normalized spacial score (nSPS) is 11.1. The molecule has 1 rings (SSSR count). The van der Waals surface area contributed by atoms with E-state index in [-0.39, 0.29) is 0 Å². The third kappa shape index (κ3) is 4.65. The van der Waals surface area contributed by atoms with Gasteiger partial charge >= 0.3 is 0 Å². The van der Waals surface area contributed by atoms with Crippen molar-refractivity contribution in [3.63, 3.8) is 0 Å². The van der Waals surface area contributed by atoms with Crippen LogP contribution in [0.1, 0.15) is 25.3 Å². The molecule has 0 spiro atoms. The first-order valence-corrected chi connectivity index (χ1v) is 5.38. The predicted octanol–water partition coefficient (Wildman–Crippen LogP) is 1.75. The molecule has 0 aliphatic rings. The van der Waals surface area contributed by atoms with Crippen LogP contribution in [-0.2, 0) is 4.79 Å². The van der Waals surface area contributed by atoms with Gasteiger partial charge < -0.3 is 9.53 Å². The minimum absolute atomic E-state index is 0.520. The Kier molecular flexibility index (Phi) is 5.74. The quantitative estimate of drug-likeness (QED) is 0.327. The van der Waals surface area contributed by atoms with Crippen molar-refractivity contribution in [2.45, 2.75) is 19.8 Å². The number of aldehydes is 1. The van der Waals surface area contributed by atoms with Gasteiger partial charge in [-0.1, -0.05) is 0 Å². The highest BCUT2D eigenvalue weighted by molar-refractivity contribution is 5.98. The fourth-order valence-electron chi connectivity index (χ4n) is 1.29. The zero-order valence-corrected chi connectivity index (χ0v) is 9.72. The summed E-state index contributed by atoms with van der Waals surface area (Å²) in [5.41, 5.74) is 3.33. The molecule has 0 bridgehead atoms. The van der Waals surface area contributed by atoms with Gasteiger partial charge in [-0.2, -0.15) is 10.7 Å². The van der Waals surface area contributed by atoms with Gasteiger partial charge in [0.15, 0.2) is 0 Å². The van der Waals surface area contributed by atoms with Gasteiger partial charge in [-0.3, -0.25) is 5.21 Å². The second kappa shape index (κ2) is 7.40. The van der Waals surface area contributed by atoms with E-state index in [9.17, 15) is 4.79 Å². The Labute approximate surface area is 100 Å². The monoisotopic (exact) mass is 236 g/mol. The van der Waals surface area contributed by atoms with Crippen molar-refractivity contribution >= 4 is 12.0 Å². The Balaban J connectivity index is 2.50. The highest BCUT2D eigenvalue weighted by Crippen LogP contribution is 2.13. The van der Waals surface area contributed by atoms with Crippen LogP contribution in [0.5, 0.6) is 5.75 Å². The molecule has 1 aromatic rings. The van der Waals surface area contributed by atoms with Gasteiger partial charge in [0.2, 0.25) is 0 Å². The zero-order chi connectivity index (χ0) is 12.5. The molecule has 0 aromatic heterocycles. The Morgan fingerprint density at radius 2 is 2.18 bits per heavy atom. The fraction of sp³-hybridized carbons (Fsp3) is 0.333. The van der Waals surface area contributed by atoms with E-state index in [0.29, 0.717) is 18.7 Å². The molecule has 0 amide bonds. The summed E-state index contributed by atoms with van der Waals surface area (Å²) in [5.74, 6) is 0.754. The summed E-state index contributed by atoms with van der Waals surface area (Å²) in [6.07, 6.45) is 2.13. The number of benzene rings is 1. The lowest BCUT2D eigenvalue weighted by Gasteiger charge is -2.06. The van der Waals surface area contributed by atoms with Crippen LogP contribution >= 0.6 is 0 Å². The highest BCUT2D eigenvalue weighted by atomic mass is 16.5. The van der Waals surface area contributed by atoms with Crippen molar-refractivity contribution in [1.29, 1.82) is 0 Å². The van der Waals surface area contributed by atoms with Crippen LogP contribution in [0.2, 0.25) is 0 Å². The summed E-state index contributed by atoms with van der Waals surface area (Å²) in [5, 5.41) is 12.1. The first kappa shape index (κ1) is 13.2. The van der Waals surface area contributed by atoms with Gasteiger partial charge in [-0.05, 0) is 43.2 Å². The molecule has 1 aromatic carbocycles. The Morgan fingerprint density at radius 1 is 1.47 bits per heavy atom. The van der Waals surface area contributed by atoms with Crippen LogP contribution < -0.4 is 10.3 Å². The second-order valence-electron chi connectivity index (χ2n) is 3.48. The van der Waals surface area contributed by atoms with Crippen LogP contribution in [0, 0.1) is 0 Å². The van der Waals surface area contributed by atoms with Gasteiger partial charge in [-0.15, -0.1) is 0 Å². The molecule has 5 nitrogen and oxygen atoms in total. The van der Waals surface area contributed by atoms with Crippen molar-refractivity contribution in [3.05, 3.63) is 29.8 Å². The number of ether oxygens (including phenoxy) is 1. The van der Waals surface area contributed by atoms with Crippen molar-refractivity contribution in [3.8, 4) is 5.75 Å². The van der Waals surface area contributed by atoms with Gasteiger partial charge in [0, 0.05) is 6.42 Å². The molecule has 0 unspecified atom stereocenters. The SMILES string of the molecule is C/C(=N\NO)c1ccc(OCCCC=O)cc1. The van der Waals surface area contributed by atoms with E-state index in [1.165, 1.54) is 0 Å². The number of nitrogens with one attached hydrogen (secondary N) is 1. The van der Waals surface area contributed by atoms with E-state index in [0.717, 1.165) is 24.0 Å². The molecule has 5 heteroatoms. The summed E-state index contributed by atoms with van der Waals surface area (Å²) in [6.45, 7) is 2.31. The van der Waals surface area contributed by atoms with Gasteiger partial charge in [-0.25, -0.2) is 0 Å². The molecule has 0 heterocycles. The fourth-order valence-corrected chi connectivity index (χ4v) is 1.29. The van der Waals surface area contributed by atoms with Crippen LogP contribution in [0.15, 0.2) is 29.4 Å². The summed E-state index contributed by atoms with van der Waals surface area (Å²) in [6, 6.07) is 7.36. The summed E-state index contributed by atoms with van der Waals surface area (Å²) in [4.78, 5) is 10.1. The lowest BCUT2D eigenvalue weighted by Crippen LogP contribution is -2.04. The van der Waals surface area contributed by atoms with Crippen LogP contribution in [0.3, 0.4) is 0 Å². The first-order chi connectivity index (χ1) is 8.27. The molecule has 17 heavy (non-hydrogen) atoms. The number of unbranched alkanes of at least 4 members (excludes halogenated alkanes) is 1. The minimum atomic E-state index is 0.520. The summed E-state index contributed by atoms with van der Waals surface area (Å²) in [7, 11) is 0. The third-order valence-electron chi connectivity index (χ3n) is 2.22. The molecule has 0 atom stereocenters. The smallest absolute Gasteiger partial charge is 0.120 e. The maximum atomic E-state index is 10.1. The standard InChI is InChI=1S/C12H16N2O3/c1-10(13-14-16)11-4-6-12(7-5-11)17-9-3-2-8-15/h4-8,14,16H,2-3,9H2,1H3/b13-10+. The maximum absolute atomic E-state index is 10.1. The van der Waals surface area contributed by atoms with Crippen LogP contribution in [0.25, 0.3) is 0 Å². The largest absolute Gasteiger partial charge is 0.494 e. The van der Waals surface area contributed by atoms with Crippen LogP contribution in [0.4, 0.5) is 0 Å². The lowest BCUT2D eigenvalue weighted by atomic mass is 10.1. The molecule has 0 aliphatic carbocycles. The molecule has 92 valence electrons. The average molecular weight is 236 g/mol. The van der Waals surface area contributed by atoms with E-state index in [1.807, 2.05) is 24.3 Å². The Hall–Kier alpha value is -1.88. The lowest BCUT2D eigenvalue weighted by molar-refractivity contribution is -0.108. The number of hydrogen-bond acceptors (Lipinski definition) is 5. The summed E-state index contributed by atoms with van der Waals surface area (Å²) < 4.78 is 5.44. The molecule has 0 saturated heterocycles. The van der Waals surface area contributed by atoms with E-state index >= 15 is 0 Å². The molecule has 2 N–H and O–H groups in total. The molecule has 0 saturated carbocycles. The van der Waals surface area contributed by atoms with Gasteiger partial charge in [0.05, 0.1) is 12.3 Å². The average Bonchev–Trinajstić information content (AvgIpc) is 2.36. The molecule has 0 radical (unpaired) electrons. The topological polar surface area (TPSA) is 70.9 Å². The van der Waals surface area contributed by atoms with Gasteiger partial charge in [0.1, 0.15) is 12.0 Å². The van der Waals surface area contributed by atoms with Gasteiger partial charge in [0.25, 0.3) is 0 Å². The van der Waals surface area contributed by atoms with E-state index in [1.54, 1.807) is 12.5 Å². The molecule has 0 fully saturated rings. The van der Waals surface area contributed by atoms with E-state index < -0.39 is 0 Å². The van der Waals surface area contributed by atoms with Crippen molar-refractivity contribution in [1.82, 2.24) is 5.59 Å². The van der Waals surface area contributed by atoms with E-state index in [2.05, 4.69) is 5.10 Å². The Bertz CT molecular complexity index is 374.